The Morgan fingerprint density at radius 2 is 1.85 bits per heavy atom. The van der Waals surface area contributed by atoms with E-state index in [0.717, 1.165) is 27.8 Å². The van der Waals surface area contributed by atoms with Gasteiger partial charge in [-0.15, -0.1) is 11.3 Å². The summed E-state index contributed by atoms with van der Waals surface area (Å²) in [7, 11) is 1.45. The fourth-order valence-electron chi connectivity index (χ4n) is 4.11. The van der Waals surface area contributed by atoms with E-state index in [0.29, 0.717) is 32.4 Å². The summed E-state index contributed by atoms with van der Waals surface area (Å²) in [5, 5.41) is 14.7. The number of hydrogen-bond donors (Lipinski definition) is 2. The number of amides is 1. The molecule has 2 heterocycles. The summed E-state index contributed by atoms with van der Waals surface area (Å²) in [5.41, 5.74) is 5.46. The predicted octanol–water partition coefficient (Wildman–Crippen LogP) is 5.38. The molecule has 10 heteroatoms. The van der Waals surface area contributed by atoms with E-state index < -0.39 is 0 Å². The van der Waals surface area contributed by atoms with Crippen LogP contribution in [0.3, 0.4) is 0 Å². The number of benzene rings is 3. The lowest BCUT2D eigenvalue weighted by molar-refractivity contribution is -0.118. The first-order valence-corrected chi connectivity index (χ1v) is 13.7. The van der Waals surface area contributed by atoms with Gasteiger partial charge in [-0.2, -0.15) is 5.10 Å². The minimum atomic E-state index is -0.358. The van der Waals surface area contributed by atoms with Crippen molar-refractivity contribution in [2.75, 3.05) is 12.9 Å². The van der Waals surface area contributed by atoms with Gasteiger partial charge in [-0.1, -0.05) is 60.3 Å². The Hall–Kier alpha value is -4.41. The maximum Gasteiger partial charge on any atom is 0.268 e. The van der Waals surface area contributed by atoms with Crippen molar-refractivity contribution in [2.45, 2.75) is 12.1 Å². The fraction of sp³-hybridized carbons (Fsp3) is 0.103. The van der Waals surface area contributed by atoms with Crippen molar-refractivity contribution >= 4 is 45.4 Å². The van der Waals surface area contributed by atoms with Crippen LogP contribution in [0.2, 0.25) is 0 Å². The summed E-state index contributed by atoms with van der Waals surface area (Å²) in [6.45, 7) is 1.99. The molecular formula is C29H24N4O4S2. The number of thioether (sulfide) groups is 1. The van der Waals surface area contributed by atoms with Gasteiger partial charge in [0.2, 0.25) is 0 Å². The van der Waals surface area contributed by atoms with Gasteiger partial charge in [0.05, 0.1) is 30.2 Å². The van der Waals surface area contributed by atoms with Crippen LogP contribution in [0.25, 0.3) is 27.0 Å². The molecule has 0 aliphatic carbocycles. The Bertz CT molecular complexity index is 1730. The van der Waals surface area contributed by atoms with Crippen LogP contribution in [0.5, 0.6) is 11.5 Å². The second-order valence-corrected chi connectivity index (χ2v) is 10.6. The van der Waals surface area contributed by atoms with Crippen molar-refractivity contribution in [1.29, 1.82) is 0 Å². The average molecular weight is 557 g/mol. The third kappa shape index (κ3) is 5.57. The predicted molar refractivity (Wildman–Crippen MR) is 157 cm³/mol. The highest BCUT2D eigenvalue weighted by Crippen LogP contribution is 2.37. The number of nitrogens with one attached hydrogen (secondary N) is 1. The lowest BCUT2D eigenvalue weighted by Crippen LogP contribution is -2.24. The summed E-state index contributed by atoms with van der Waals surface area (Å²) < 4.78 is 6.65. The van der Waals surface area contributed by atoms with E-state index >= 15 is 0 Å². The number of hydrogen-bond acceptors (Lipinski definition) is 8. The monoisotopic (exact) mass is 556 g/mol. The Morgan fingerprint density at radius 3 is 2.56 bits per heavy atom. The van der Waals surface area contributed by atoms with Gasteiger partial charge < -0.3 is 9.84 Å². The second-order valence-electron chi connectivity index (χ2n) is 8.46. The molecule has 5 aromatic rings. The van der Waals surface area contributed by atoms with Crippen molar-refractivity contribution in [2.24, 2.45) is 5.10 Å². The van der Waals surface area contributed by atoms with E-state index in [-0.39, 0.29) is 23.0 Å². The van der Waals surface area contributed by atoms with Crippen LogP contribution in [-0.2, 0) is 4.79 Å². The van der Waals surface area contributed by atoms with E-state index in [9.17, 15) is 14.7 Å². The smallest absolute Gasteiger partial charge is 0.268 e. The Labute approximate surface area is 232 Å². The van der Waals surface area contributed by atoms with Crippen LogP contribution < -0.4 is 15.7 Å². The largest absolute Gasteiger partial charge is 0.504 e. The minimum Gasteiger partial charge on any atom is -0.504 e. The van der Waals surface area contributed by atoms with E-state index in [1.54, 1.807) is 16.7 Å². The first-order valence-electron chi connectivity index (χ1n) is 11.9. The number of aromatic hydroxyl groups is 1. The summed E-state index contributed by atoms with van der Waals surface area (Å²) in [6.07, 6.45) is 1.45. The molecule has 0 saturated heterocycles. The molecule has 0 bridgehead atoms. The van der Waals surface area contributed by atoms with Crippen LogP contribution in [0.1, 0.15) is 10.4 Å². The zero-order valence-corrected chi connectivity index (χ0v) is 22.8. The molecule has 8 nitrogen and oxygen atoms in total. The third-order valence-corrected chi connectivity index (χ3v) is 7.82. The number of para-hydroxylation sites is 1. The second kappa shape index (κ2) is 11.5. The van der Waals surface area contributed by atoms with Gasteiger partial charge in [-0.25, -0.2) is 10.4 Å². The Morgan fingerprint density at radius 1 is 1.13 bits per heavy atom. The van der Waals surface area contributed by atoms with Crippen molar-refractivity contribution in [3.05, 3.63) is 99.7 Å². The number of fused-ring (bicyclic) bond motifs is 1. The van der Waals surface area contributed by atoms with E-state index in [1.807, 2.05) is 67.6 Å². The zero-order chi connectivity index (χ0) is 27.4. The van der Waals surface area contributed by atoms with Gasteiger partial charge in [-0.3, -0.25) is 14.2 Å². The topological polar surface area (TPSA) is 106 Å². The fourth-order valence-corrected chi connectivity index (χ4v) is 6.00. The molecule has 0 aliphatic heterocycles. The molecule has 1 amide bonds. The summed E-state index contributed by atoms with van der Waals surface area (Å²) in [5.74, 6) is -0.0405. The molecule has 2 N–H and O–H groups in total. The number of ether oxygens (including phenoxy) is 1. The number of carbonyl (C=O) groups excluding carboxylic acids is 1. The van der Waals surface area contributed by atoms with Gasteiger partial charge in [0, 0.05) is 10.4 Å². The Kier molecular flexibility index (Phi) is 7.76. The number of nitrogens with zero attached hydrogens (tertiary/aromatic N) is 3. The third-order valence-electron chi connectivity index (χ3n) is 5.89. The maximum absolute atomic E-state index is 14.0. The number of methoxy groups -OCH3 is 1. The molecule has 0 saturated carbocycles. The molecule has 0 radical (unpaired) electrons. The van der Waals surface area contributed by atoms with Gasteiger partial charge in [-0.05, 0) is 48.4 Å². The number of phenols is 1. The lowest BCUT2D eigenvalue weighted by atomic mass is 10.0. The Balaban J connectivity index is 1.44. The number of aromatic nitrogens is 2. The number of rotatable bonds is 8. The molecule has 0 aliphatic rings. The molecule has 39 heavy (non-hydrogen) atoms. The van der Waals surface area contributed by atoms with Crippen molar-refractivity contribution < 1.29 is 14.6 Å². The highest BCUT2D eigenvalue weighted by molar-refractivity contribution is 7.99. The SMILES string of the molecule is COc1cc(/C=N/NC(=O)CSc2nc3sc(C)c(-c4ccccc4)c3c(=O)n2-c2ccccc2)ccc1O. The van der Waals surface area contributed by atoms with Crippen LogP contribution in [-0.4, -0.2) is 39.6 Å². The molecule has 2 aromatic heterocycles. The number of carbonyl (C=O) groups is 1. The summed E-state index contributed by atoms with van der Waals surface area (Å²) in [4.78, 5) is 33.0. The highest BCUT2D eigenvalue weighted by Gasteiger charge is 2.21. The van der Waals surface area contributed by atoms with Crippen LogP contribution >= 0.6 is 23.1 Å². The van der Waals surface area contributed by atoms with Gasteiger partial charge in [0.1, 0.15) is 4.83 Å². The van der Waals surface area contributed by atoms with Crippen LogP contribution in [0, 0.1) is 6.92 Å². The first-order chi connectivity index (χ1) is 19.0. The number of phenolic OH excluding ortho intramolecular Hbond substituents is 1. The molecule has 0 spiro atoms. The normalized spacial score (nSPS) is 11.2. The standard InChI is InChI=1S/C29H24N4O4S2/c1-18-25(20-9-5-3-6-10-20)26-27(39-18)31-29(33(28(26)36)21-11-7-4-8-12-21)38-17-24(35)32-30-16-19-13-14-22(34)23(15-19)37-2/h3-16,34H,17H2,1-2H3,(H,32,35)/b30-16+. The van der Waals surface area contributed by atoms with E-state index in [2.05, 4.69) is 10.5 Å². The molecule has 0 fully saturated rings. The van der Waals surface area contributed by atoms with Gasteiger partial charge in [0.25, 0.3) is 11.5 Å². The number of aryl methyl sites for hydroxylation is 1. The van der Waals surface area contributed by atoms with Gasteiger partial charge >= 0.3 is 0 Å². The molecule has 0 atom stereocenters. The van der Waals surface area contributed by atoms with Crippen LogP contribution in [0.4, 0.5) is 0 Å². The van der Waals surface area contributed by atoms with Crippen molar-refractivity contribution in [3.8, 4) is 28.3 Å². The van der Waals surface area contributed by atoms with Crippen molar-refractivity contribution in [3.63, 3.8) is 0 Å². The lowest BCUT2D eigenvalue weighted by Gasteiger charge is -2.12. The summed E-state index contributed by atoms with van der Waals surface area (Å²) >= 11 is 2.63. The molecule has 196 valence electrons. The van der Waals surface area contributed by atoms with Crippen molar-refractivity contribution in [1.82, 2.24) is 15.0 Å². The van der Waals surface area contributed by atoms with Gasteiger partial charge in [0.15, 0.2) is 16.7 Å². The molecular weight excluding hydrogens is 532 g/mol. The minimum absolute atomic E-state index is 0.00306. The highest BCUT2D eigenvalue weighted by atomic mass is 32.2. The number of hydrazone groups is 1. The van der Waals surface area contributed by atoms with Crippen LogP contribution in [0.15, 0.2) is 93.9 Å². The average Bonchev–Trinajstić information content (AvgIpc) is 3.29. The summed E-state index contributed by atoms with van der Waals surface area (Å²) in [6, 6.07) is 23.8. The van der Waals surface area contributed by atoms with E-state index in [4.69, 9.17) is 9.72 Å². The number of thiophene rings is 1. The van der Waals surface area contributed by atoms with E-state index in [1.165, 1.54) is 30.7 Å². The zero-order valence-electron chi connectivity index (χ0n) is 21.1. The maximum atomic E-state index is 14.0. The first kappa shape index (κ1) is 26.2. The quantitative estimate of drug-likeness (QED) is 0.115. The molecule has 0 unspecified atom stereocenters. The molecule has 3 aromatic carbocycles. The molecule has 5 rings (SSSR count).